The van der Waals surface area contributed by atoms with Crippen LogP contribution in [0, 0.1) is 16.2 Å². The van der Waals surface area contributed by atoms with Gasteiger partial charge in [-0.3, -0.25) is 4.79 Å². The quantitative estimate of drug-likeness (QED) is 0.588. The van der Waals surface area contributed by atoms with E-state index in [1.165, 1.54) is 0 Å². The van der Waals surface area contributed by atoms with Crippen LogP contribution in [0.5, 0.6) is 0 Å². The Kier molecular flexibility index (Phi) is 4.42. The van der Waals surface area contributed by atoms with Gasteiger partial charge in [-0.2, -0.15) is 0 Å². The molecule has 0 N–H and O–H groups in total. The molecular formula is C20H25ClN2O3. The standard InChI is InChI=1S/C20H25ClN2O3/c1-18(2)19(3)10-11-20(18,17(25)23(4)5)12-15(19)22-26-16(24)13-6-8-14(21)9-7-13/h6-9H,10-12H2,1-5H3/b22-15-. The third-order valence-electron chi connectivity index (χ3n) is 6.87. The Morgan fingerprint density at radius 2 is 1.73 bits per heavy atom. The number of rotatable bonds is 3. The molecule has 3 rings (SSSR count). The Labute approximate surface area is 159 Å². The van der Waals surface area contributed by atoms with Crippen LogP contribution in [-0.4, -0.2) is 36.6 Å². The van der Waals surface area contributed by atoms with Crippen LogP contribution >= 0.6 is 11.6 Å². The summed E-state index contributed by atoms with van der Waals surface area (Å²) in [5, 5.41) is 4.78. The number of nitrogens with zero attached hydrogens (tertiary/aromatic N) is 2. The number of hydrogen-bond acceptors (Lipinski definition) is 4. The molecule has 1 amide bonds. The Hall–Kier alpha value is -1.88. The molecule has 6 heteroatoms. The summed E-state index contributed by atoms with van der Waals surface area (Å²) in [7, 11) is 3.58. The van der Waals surface area contributed by atoms with Crippen molar-refractivity contribution in [3.8, 4) is 0 Å². The van der Waals surface area contributed by atoms with E-state index in [9.17, 15) is 9.59 Å². The first kappa shape index (κ1) is 18.9. The monoisotopic (exact) mass is 376 g/mol. The third kappa shape index (κ3) is 2.48. The van der Waals surface area contributed by atoms with Crippen LogP contribution in [0.15, 0.2) is 29.4 Å². The lowest BCUT2D eigenvalue weighted by Gasteiger charge is -2.40. The second-order valence-electron chi connectivity index (χ2n) is 8.34. The van der Waals surface area contributed by atoms with Crippen molar-refractivity contribution in [1.82, 2.24) is 4.90 Å². The zero-order valence-electron chi connectivity index (χ0n) is 15.9. The first-order chi connectivity index (χ1) is 12.0. The molecular weight excluding hydrogens is 352 g/mol. The van der Waals surface area contributed by atoms with E-state index in [1.54, 1.807) is 43.3 Å². The van der Waals surface area contributed by atoms with E-state index < -0.39 is 11.4 Å². The normalized spacial score (nSPS) is 30.5. The number of benzene rings is 1. The molecule has 0 radical (unpaired) electrons. The van der Waals surface area contributed by atoms with E-state index in [4.69, 9.17) is 16.4 Å². The van der Waals surface area contributed by atoms with Crippen LogP contribution in [-0.2, 0) is 9.63 Å². The molecule has 0 aromatic heterocycles. The lowest BCUT2D eigenvalue weighted by molar-refractivity contribution is -0.144. The van der Waals surface area contributed by atoms with Gasteiger partial charge < -0.3 is 9.74 Å². The molecule has 2 aliphatic carbocycles. The molecule has 140 valence electrons. The maximum Gasteiger partial charge on any atom is 0.365 e. The van der Waals surface area contributed by atoms with Crippen molar-refractivity contribution in [2.24, 2.45) is 21.4 Å². The van der Waals surface area contributed by atoms with Gasteiger partial charge in [-0.05, 0) is 42.5 Å². The molecule has 2 unspecified atom stereocenters. The van der Waals surface area contributed by atoms with Crippen molar-refractivity contribution in [3.63, 3.8) is 0 Å². The van der Waals surface area contributed by atoms with Gasteiger partial charge in [-0.15, -0.1) is 0 Å². The maximum absolute atomic E-state index is 13.0. The molecule has 2 saturated carbocycles. The lowest BCUT2D eigenvalue weighted by atomic mass is 9.64. The first-order valence-corrected chi connectivity index (χ1v) is 9.19. The van der Waals surface area contributed by atoms with Gasteiger partial charge in [0.2, 0.25) is 5.91 Å². The van der Waals surface area contributed by atoms with Gasteiger partial charge in [0.05, 0.1) is 16.7 Å². The molecule has 1 aromatic rings. The largest absolute Gasteiger partial charge is 0.365 e. The summed E-state index contributed by atoms with van der Waals surface area (Å²) in [6.45, 7) is 6.38. The third-order valence-corrected chi connectivity index (χ3v) is 7.12. The highest BCUT2D eigenvalue weighted by Gasteiger charge is 2.72. The molecule has 26 heavy (non-hydrogen) atoms. The number of fused-ring (bicyclic) bond motifs is 2. The average Bonchev–Trinajstić information content (AvgIpc) is 2.89. The molecule has 2 aliphatic rings. The summed E-state index contributed by atoms with van der Waals surface area (Å²) in [4.78, 5) is 32.1. The van der Waals surface area contributed by atoms with Crippen molar-refractivity contribution in [2.45, 2.75) is 40.0 Å². The van der Waals surface area contributed by atoms with Gasteiger partial charge in [-0.1, -0.05) is 37.5 Å². The predicted octanol–water partition coefficient (Wildman–Crippen LogP) is 4.16. The summed E-state index contributed by atoms with van der Waals surface area (Å²) >= 11 is 5.84. The van der Waals surface area contributed by atoms with Crippen molar-refractivity contribution >= 4 is 29.2 Å². The van der Waals surface area contributed by atoms with Crippen molar-refractivity contribution in [3.05, 3.63) is 34.9 Å². The zero-order valence-corrected chi connectivity index (χ0v) is 16.7. The van der Waals surface area contributed by atoms with Crippen molar-refractivity contribution in [2.75, 3.05) is 14.1 Å². The minimum Gasteiger partial charge on any atom is -0.348 e. The number of hydrogen-bond donors (Lipinski definition) is 0. The van der Waals surface area contributed by atoms with E-state index in [1.807, 2.05) is 0 Å². The lowest BCUT2D eigenvalue weighted by Crippen LogP contribution is -2.46. The molecule has 0 saturated heterocycles. The Morgan fingerprint density at radius 1 is 1.12 bits per heavy atom. The SMILES string of the molecule is CN(C)C(=O)C12CCC(C)(/C(=N\OC(=O)c3ccc(Cl)cc3)C1)C2(C)C. The number of halogens is 1. The van der Waals surface area contributed by atoms with Crippen LogP contribution in [0.2, 0.25) is 5.02 Å². The van der Waals surface area contributed by atoms with Crippen LogP contribution in [0.4, 0.5) is 0 Å². The van der Waals surface area contributed by atoms with Crippen LogP contribution in [0.25, 0.3) is 0 Å². The molecule has 0 heterocycles. The fraction of sp³-hybridized carbons (Fsp3) is 0.550. The van der Waals surface area contributed by atoms with Gasteiger partial charge in [0.25, 0.3) is 0 Å². The topological polar surface area (TPSA) is 59.0 Å². The Morgan fingerprint density at radius 3 is 2.31 bits per heavy atom. The number of oxime groups is 1. The maximum atomic E-state index is 13.0. The van der Waals surface area contributed by atoms with Gasteiger partial charge in [0.15, 0.2) is 0 Å². The number of carbonyl (C=O) groups excluding carboxylic acids is 2. The molecule has 2 atom stereocenters. The number of carbonyl (C=O) groups is 2. The van der Waals surface area contributed by atoms with Crippen LogP contribution in [0.1, 0.15) is 50.4 Å². The van der Waals surface area contributed by atoms with E-state index in [0.29, 0.717) is 17.0 Å². The molecule has 5 nitrogen and oxygen atoms in total. The summed E-state index contributed by atoms with van der Waals surface area (Å²) < 4.78 is 0. The Balaban J connectivity index is 1.88. The van der Waals surface area contributed by atoms with E-state index in [0.717, 1.165) is 18.6 Å². The highest BCUT2D eigenvalue weighted by molar-refractivity contribution is 6.30. The summed E-state index contributed by atoms with van der Waals surface area (Å²) in [5.74, 6) is -0.396. The molecule has 0 spiro atoms. The minimum absolute atomic E-state index is 0.125. The summed E-state index contributed by atoms with van der Waals surface area (Å²) in [6, 6.07) is 6.48. The van der Waals surface area contributed by atoms with E-state index in [2.05, 4.69) is 25.9 Å². The molecule has 0 aliphatic heterocycles. The van der Waals surface area contributed by atoms with Gasteiger partial charge in [-0.25, -0.2) is 4.79 Å². The summed E-state index contributed by atoms with van der Waals surface area (Å²) in [5.41, 5.74) is 0.180. The van der Waals surface area contributed by atoms with Gasteiger partial charge in [0.1, 0.15) is 0 Å². The van der Waals surface area contributed by atoms with E-state index in [-0.39, 0.29) is 16.7 Å². The van der Waals surface area contributed by atoms with Gasteiger partial charge >= 0.3 is 5.97 Å². The second kappa shape index (κ2) is 6.08. The van der Waals surface area contributed by atoms with Crippen molar-refractivity contribution < 1.29 is 14.4 Å². The number of amides is 1. The fourth-order valence-electron chi connectivity index (χ4n) is 4.66. The highest BCUT2D eigenvalue weighted by Crippen LogP contribution is 2.71. The Bertz CT molecular complexity index is 785. The summed E-state index contributed by atoms with van der Waals surface area (Å²) in [6.07, 6.45) is 2.22. The molecule has 2 fully saturated rings. The van der Waals surface area contributed by atoms with Crippen molar-refractivity contribution in [1.29, 1.82) is 0 Å². The zero-order chi connectivity index (χ0) is 19.3. The first-order valence-electron chi connectivity index (χ1n) is 8.81. The second-order valence-corrected chi connectivity index (χ2v) is 8.78. The minimum atomic E-state index is -0.522. The highest BCUT2D eigenvalue weighted by atomic mass is 35.5. The van der Waals surface area contributed by atoms with Gasteiger partial charge in [0, 0.05) is 31.0 Å². The molecule has 2 bridgehead atoms. The average molecular weight is 377 g/mol. The fourth-order valence-corrected chi connectivity index (χ4v) is 4.78. The van der Waals surface area contributed by atoms with E-state index >= 15 is 0 Å². The predicted molar refractivity (Wildman–Crippen MR) is 101 cm³/mol. The smallest absolute Gasteiger partial charge is 0.348 e. The molecule has 1 aromatic carbocycles. The van der Waals surface area contributed by atoms with Crippen LogP contribution in [0.3, 0.4) is 0 Å². The van der Waals surface area contributed by atoms with Crippen LogP contribution < -0.4 is 0 Å².